The van der Waals surface area contributed by atoms with E-state index in [9.17, 15) is 8.42 Å². The van der Waals surface area contributed by atoms with Crippen LogP contribution in [0.2, 0.25) is 0 Å². The van der Waals surface area contributed by atoms with E-state index < -0.39 is 10.0 Å². The predicted molar refractivity (Wildman–Crippen MR) is 140 cm³/mol. The maximum atomic E-state index is 13.9. The van der Waals surface area contributed by atoms with Crippen LogP contribution in [0.25, 0.3) is 16.6 Å². The number of nitrogens with zero attached hydrogens (tertiary/aromatic N) is 2. The first kappa shape index (κ1) is 25.1. The van der Waals surface area contributed by atoms with Gasteiger partial charge in [-0.1, -0.05) is 81.5 Å². The van der Waals surface area contributed by atoms with Crippen molar-refractivity contribution >= 4 is 26.6 Å². The molecule has 0 radical (unpaired) electrons. The maximum Gasteiger partial charge on any atom is 0.264 e. The minimum absolute atomic E-state index is 0.348. The average molecular weight is 467 g/mol. The summed E-state index contributed by atoms with van der Waals surface area (Å²) in [5.41, 5.74) is 3.94. The van der Waals surface area contributed by atoms with Gasteiger partial charge in [-0.2, -0.15) is 0 Å². The molecule has 0 N–H and O–H groups in total. The number of fused-ring (bicyclic) bond motifs is 1. The van der Waals surface area contributed by atoms with E-state index in [-0.39, 0.29) is 0 Å². The maximum absolute atomic E-state index is 13.9. The highest BCUT2D eigenvalue weighted by molar-refractivity contribution is 7.89. The fourth-order valence-corrected chi connectivity index (χ4v) is 5.75. The Kier molecular flexibility index (Phi) is 8.79. The summed E-state index contributed by atoms with van der Waals surface area (Å²) in [4.78, 5) is 0.348. The van der Waals surface area contributed by atoms with Gasteiger partial charge in [-0.3, -0.25) is 4.31 Å². The Hall–Kier alpha value is -2.53. The molecule has 1 heterocycles. The minimum Gasteiger partial charge on any atom is -0.350 e. The van der Waals surface area contributed by atoms with Crippen molar-refractivity contribution in [3.05, 3.63) is 71.9 Å². The number of hydrogen-bond donors (Lipinski definition) is 0. The Balaban J connectivity index is 2.13. The predicted octanol–water partition coefficient (Wildman–Crippen LogP) is 7.29. The number of aryl methyl sites for hydroxylation is 2. The fourth-order valence-electron chi connectivity index (χ4n) is 4.21. The molecule has 0 spiro atoms. The first-order valence-corrected chi connectivity index (χ1v) is 13.7. The Morgan fingerprint density at radius 2 is 1.64 bits per heavy atom. The van der Waals surface area contributed by atoms with E-state index in [2.05, 4.69) is 42.8 Å². The van der Waals surface area contributed by atoms with Crippen molar-refractivity contribution in [2.75, 3.05) is 6.54 Å². The van der Waals surface area contributed by atoms with Gasteiger partial charge in [0, 0.05) is 36.3 Å². The van der Waals surface area contributed by atoms with E-state index in [0.29, 0.717) is 11.4 Å². The third-order valence-corrected chi connectivity index (χ3v) is 7.99. The molecule has 0 unspecified atom stereocenters. The lowest BCUT2D eigenvalue weighted by Crippen LogP contribution is -2.31. The molecule has 0 aliphatic carbocycles. The highest BCUT2D eigenvalue weighted by atomic mass is 32.2. The molecule has 5 heteroatoms. The number of aromatic nitrogens is 1. The molecule has 3 aromatic rings. The van der Waals surface area contributed by atoms with Gasteiger partial charge in [-0.25, -0.2) is 8.42 Å². The second-order valence-electron chi connectivity index (χ2n) is 8.85. The highest BCUT2D eigenvalue weighted by Crippen LogP contribution is 2.33. The van der Waals surface area contributed by atoms with E-state index in [1.165, 1.54) is 12.8 Å². The van der Waals surface area contributed by atoms with Gasteiger partial charge in [0.05, 0.1) is 10.6 Å². The molecule has 0 amide bonds. The third kappa shape index (κ3) is 5.89. The molecule has 0 fully saturated rings. The van der Waals surface area contributed by atoms with Crippen molar-refractivity contribution in [2.45, 2.75) is 70.6 Å². The molecular formula is C28H38N2O2S. The molecule has 4 nitrogen and oxygen atoms in total. The van der Waals surface area contributed by atoms with Gasteiger partial charge < -0.3 is 4.57 Å². The van der Waals surface area contributed by atoms with Crippen LogP contribution in [0.4, 0.5) is 0 Å². The molecule has 3 rings (SSSR count). The highest BCUT2D eigenvalue weighted by Gasteiger charge is 2.28. The molecule has 0 saturated heterocycles. The molecule has 0 atom stereocenters. The van der Waals surface area contributed by atoms with Crippen LogP contribution in [0.1, 0.15) is 69.9 Å². The zero-order valence-corrected chi connectivity index (χ0v) is 21.4. The van der Waals surface area contributed by atoms with E-state index in [1.54, 1.807) is 16.4 Å². The van der Waals surface area contributed by atoms with Gasteiger partial charge in [0.2, 0.25) is 0 Å². The molecule has 2 aromatic carbocycles. The van der Waals surface area contributed by atoms with Crippen molar-refractivity contribution in [3.63, 3.8) is 0 Å². The number of benzene rings is 2. The number of para-hydroxylation sites is 1. The lowest BCUT2D eigenvalue weighted by molar-refractivity contribution is 0.497. The first-order chi connectivity index (χ1) is 15.9. The summed E-state index contributed by atoms with van der Waals surface area (Å²) < 4.78 is 31.6. The van der Waals surface area contributed by atoms with Gasteiger partial charge in [-0.15, -0.1) is 0 Å². The van der Waals surface area contributed by atoms with Crippen molar-refractivity contribution in [2.24, 2.45) is 7.05 Å². The van der Waals surface area contributed by atoms with Crippen LogP contribution in [-0.4, -0.2) is 23.8 Å². The molecule has 0 aliphatic heterocycles. The molecule has 0 saturated carbocycles. The molecule has 1 aromatic heterocycles. The number of hydrogen-bond acceptors (Lipinski definition) is 2. The molecule has 0 aliphatic rings. The minimum atomic E-state index is -3.69. The summed E-state index contributed by atoms with van der Waals surface area (Å²) >= 11 is 0. The fraction of sp³-hybridized carbons (Fsp3) is 0.429. The zero-order chi connectivity index (χ0) is 23.8. The van der Waals surface area contributed by atoms with E-state index in [1.807, 2.05) is 38.2 Å². The Bertz CT molecular complexity index is 1170. The van der Waals surface area contributed by atoms with Crippen LogP contribution in [0.3, 0.4) is 0 Å². The summed E-state index contributed by atoms with van der Waals surface area (Å²) in [5.74, 6) is 0. The number of allylic oxidation sites excluding steroid dienone is 1. The molecular weight excluding hydrogens is 428 g/mol. The summed E-state index contributed by atoms with van der Waals surface area (Å²) in [6.07, 6.45) is 11.4. The van der Waals surface area contributed by atoms with Gasteiger partial charge in [0.1, 0.15) is 0 Å². The van der Waals surface area contributed by atoms with E-state index >= 15 is 0 Å². The molecule has 0 bridgehead atoms. The summed E-state index contributed by atoms with van der Waals surface area (Å²) in [7, 11) is -1.67. The van der Waals surface area contributed by atoms with Gasteiger partial charge in [-0.05, 0) is 44.4 Å². The third-order valence-electron chi connectivity index (χ3n) is 6.16. The second kappa shape index (κ2) is 11.6. The lowest BCUT2D eigenvalue weighted by Gasteiger charge is -2.27. The van der Waals surface area contributed by atoms with E-state index in [0.717, 1.165) is 59.8 Å². The van der Waals surface area contributed by atoms with Crippen molar-refractivity contribution in [1.82, 2.24) is 8.87 Å². The Morgan fingerprint density at radius 1 is 0.939 bits per heavy atom. The zero-order valence-electron chi connectivity index (χ0n) is 20.5. The second-order valence-corrected chi connectivity index (χ2v) is 10.7. The quantitative estimate of drug-likeness (QED) is 0.263. The molecule has 178 valence electrons. The standard InChI is InChI=1S/C28H38N2O2S/c1-5-7-9-10-11-16-28(26-22-29(4)27-15-13-12-14-25(26)27)30(21-8-6-2)33(31,32)24-19-17-23(3)18-20-24/h12-20,22H,5-11,21H2,1-4H3/b28-16-. The van der Waals surface area contributed by atoms with Gasteiger partial charge >= 0.3 is 0 Å². The Morgan fingerprint density at radius 3 is 2.33 bits per heavy atom. The lowest BCUT2D eigenvalue weighted by atomic mass is 10.1. The van der Waals surface area contributed by atoms with Crippen LogP contribution >= 0.6 is 0 Å². The number of unbranched alkanes of at least 4 members (excludes halogenated alkanes) is 5. The summed E-state index contributed by atoms with van der Waals surface area (Å²) in [6, 6.07) is 15.4. The Labute approximate surface area is 200 Å². The van der Waals surface area contributed by atoms with Crippen molar-refractivity contribution in [1.29, 1.82) is 0 Å². The van der Waals surface area contributed by atoms with Crippen molar-refractivity contribution in [3.8, 4) is 0 Å². The smallest absolute Gasteiger partial charge is 0.264 e. The van der Waals surface area contributed by atoms with Crippen LogP contribution in [-0.2, 0) is 17.1 Å². The number of rotatable bonds is 12. The summed E-state index contributed by atoms with van der Waals surface area (Å²) in [5, 5.41) is 1.08. The monoisotopic (exact) mass is 466 g/mol. The van der Waals surface area contributed by atoms with Crippen molar-refractivity contribution < 1.29 is 8.42 Å². The van der Waals surface area contributed by atoms with Gasteiger partial charge in [0.25, 0.3) is 10.0 Å². The topological polar surface area (TPSA) is 42.3 Å². The normalized spacial score (nSPS) is 12.4. The van der Waals surface area contributed by atoms with Gasteiger partial charge in [0.15, 0.2) is 0 Å². The SMILES string of the molecule is CCCCCC/C=C(/c1cn(C)c2ccccc12)N(CCCC)S(=O)(=O)c1ccc(C)cc1. The van der Waals surface area contributed by atoms with E-state index in [4.69, 9.17) is 0 Å². The summed E-state index contributed by atoms with van der Waals surface area (Å²) in [6.45, 7) is 6.75. The average Bonchev–Trinajstić information content (AvgIpc) is 3.14. The van der Waals surface area contributed by atoms with Crippen LogP contribution in [0.15, 0.2) is 65.7 Å². The first-order valence-electron chi connectivity index (χ1n) is 12.2. The van der Waals surface area contributed by atoms with Crippen LogP contribution < -0.4 is 0 Å². The van der Waals surface area contributed by atoms with Crippen LogP contribution in [0.5, 0.6) is 0 Å². The number of sulfonamides is 1. The van der Waals surface area contributed by atoms with Crippen LogP contribution in [0, 0.1) is 6.92 Å². The largest absolute Gasteiger partial charge is 0.350 e. The molecule has 33 heavy (non-hydrogen) atoms.